The van der Waals surface area contributed by atoms with Gasteiger partial charge in [0.15, 0.2) is 0 Å². The van der Waals surface area contributed by atoms with Crippen LogP contribution in [0.25, 0.3) is 0 Å². The van der Waals surface area contributed by atoms with Crippen molar-refractivity contribution in [2.24, 2.45) is 0 Å². The van der Waals surface area contributed by atoms with Crippen molar-refractivity contribution in [3.63, 3.8) is 0 Å². The average molecular weight is 310 g/mol. The molecule has 0 unspecified atom stereocenters. The fourth-order valence-corrected chi connectivity index (χ4v) is 1.79. The minimum atomic E-state index is -0.143. The molecular weight excluding hydrogens is 298 g/mol. The summed E-state index contributed by atoms with van der Waals surface area (Å²) in [6.07, 6.45) is 3.34. The van der Waals surface area contributed by atoms with Gasteiger partial charge in [0.05, 0.1) is 12.7 Å². The highest BCUT2D eigenvalue weighted by atomic mass is 79.9. The van der Waals surface area contributed by atoms with Crippen LogP contribution in [0.3, 0.4) is 0 Å². The zero-order valence-corrected chi connectivity index (χ0v) is 11.1. The van der Waals surface area contributed by atoms with E-state index in [1.54, 1.807) is 35.3 Å². The number of amides is 1. The number of anilines is 1. The van der Waals surface area contributed by atoms with Crippen LogP contribution in [0, 0.1) is 0 Å². The fourth-order valence-electron chi connectivity index (χ4n) is 1.41. The van der Waals surface area contributed by atoms with Gasteiger partial charge in [-0.15, -0.1) is 5.10 Å². The molecule has 6 nitrogen and oxygen atoms in total. The van der Waals surface area contributed by atoms with Crippen LogP contribution in [-0.4, -0.2) is 27.4 Å². The Morgan fingerprint density at radius 1 is 1.50 bits per heavy atom. The molecule has 18 heavy (non-hydrogen) atoms. The van der Waals surface area contributed by atoms with Crippen LogP contribution < -0.4 is 11.1 Å². The van der Waals surface area contributed by atoms with Gasteiger partial charge in [0.2, 0.25) is 0 Å². The number of halogens is 1. The molecular formula is C11H12BrN5O. The molecule has 0 fully saturated rings. The smallest absolute Gasteiger partial charge is 0.251 e. The van der Waals surface area contributed by atoms with Gasteiger partial charge in [-0.1, -0.05) is 5.21 Å². The highest BCUT2D eigenvalue weighted by Gasteiger charge is 2.06. The Labute approximate surface area is 112 Å². The number of rotatable bonds is 4. The molecule has 1 aromatic carbocycles. The fraction of sp³-hybridized carbons (Fsp3) is 0.182. The number of aromatic nitrogens is 3. The molecule has 1 heterocycles. The van der Waals surface area contributed by atoms with Gasteiger partial charge in [0.1, 0.15) is 0 Å². The molecule has 0 bridgehead atoms. The lowest BCUT2D eigenvalue weighted by Gasteiger charge is -2.06. The molecule has 3 N–H and O–H groups in total. The summed E-state index contributed by atoms with van der Waals surface area (Å²) in [5.41, 5.74) is 6.83. The number of nitrogens with two attached hydrogens (primary N) is 1. The molecule has 0 aliphatic rings. The molecule has 0 aliphatic heterocycles. The van der Waals surface area contributed by atoms with Crippen LogP contribution >= 0.6 is 15.9 Å². The molecule has 0 spiro atoms. The zero-order valence-electron chi connectivity index (χ0n) is 9.51. The van der Waals surface area contributed by atoms with Crippen LogP contribution in [0.15, 0.2) is 35.1 Å². The molecule has 2 rings (SSSR count). The average Bonchev–Trinajstić information content (AvgIpc) is 2.85. The van der Waals surface area contributed by atoms with E-state index in [1.807, 2.05) is 0 Å². The van der Waals surface area contributed by atoms with Gasteiger partial charge in [-0.25, -0.2) is 0 Å². The van der Waals surface area contributed by atoms with Crippen molar-refractivity contribution in [3.8, 4) is 0 Å². The quantitative estimate of drug-likeness (QED) is 0.827. The van der Waals surface area contributed by atoms with Crippen LogP contribution in [0.2, 0.25) is 0 Å². The van der Waals surface area contributed by atoms with Crippen LogP contribution in [0.5, 0.6) is 0 Å². The Bertz CT molecular complexity index is 540. The van der Waals surface area contributed by atoms with E-state index in [-0.39, 0.29) is 5.91 Å². The maximum absolute atomic E-state index is 11.8. The highest BCUT2D eigenvalue weighted by Crippen LogP contribution is 2.20. The number of hydrogen-bond donors (Lipinski definition) is 2. The van der Waals surface area contributed by atoms with E-state index in [0.29, 0.717) is 28.8 Å². The van der Waals surface area contributed by atoms with Gasteiger partial charge in [-0.3, -0.25) is 9.48 Å². The van der Waals surface area contributed by atoms with Crippen molar-refractivity contribution in [1.82, 2.24) is 20.3 Å². The summed E-state index contributed by atoms with van der Waals surface area (Å²) in [5.74, 6) is -0.143. The van der Waals surface area contributed by atoms with Crippen LogP contribution in [0.1, 0.15) is 10.4 Å². The second-order valence-corrected chi connectivity index (χ2v) is 4.51. The molecule has 0 saturated carbocycles. The lowest BCUT2D eigenvalue weighted by molar-refractivity contribution is 0.0952. The molecule has 0 aliphatic carbocycles. The minimum absolute atomic E-state index is 0.143. The first-order chi connectivity index (χ1) is 8.66. The van der Waals surface area contributed by atoms with E-state index in [9.17, 15) is 4.79 Å². The van der Waals surface area contributed by atoms with Gasteiger partial charge >= 0.3 is 0 Å². The Morgan fingerprint density at radius 3 is 3.00 bits per heavy atom. The molecule has 1 aromatic heterocycles. The molecule has 94 valence electrons. The first-order valence-corrected chi connectivity index (χ1v) is 6.13. The van der Waals surface area contributed by atoms with E-state index >= 15 is 0 Å². The first-order valence-electron chi connectivity index (χ1n) is 5.34. The zero-order chi connectivity index (χ0) is 13.0. The Balaban J connectivity index is 1.89. The molecule has 0 radical (unpaired) electrons. The van der Waals surface area contributed by atoms with Gasteiger partial charge in [0.25, 0.3) is 5.91 Å². The maximum Gasteiger partial charge on any atom is 0.251 e. The summed E-state index contributed by atoms with van der Waals surface area (Å²) < 4.78 is 2.37. The van der Waals surface area contributed by atoms with Crippen molar-refractivity contribution in [3.05, 3.63) is 40.6 Å². The van der Waals surface area contributed by atoms with Crippen molar-refractivity contribution >= 4 is 27.5 Å². The van der Waals surface area contributed by atoms with Gasteiger partial charge in [0, 0.05) is 28.5 Å². The van der Waals surface area contributed by atoms with Gasteiger partial charge in [-0.2, -0.15) is 0 Å². The standard InChI is InChI=1S/C11H12BrN5O/c12-9-7-8(1-2-10(9)13)11(18)14-3-5-17-6-4-15-16-17/h1-2,4,6-7H,3,5,13H2,(H,14,18). The number of benzene rings is 1. The molecule has 7 heteroatoms. The predicted octanol–water partition coefficient (Wildman–Crippen LogP) is 1.05. The van der Waals surface area contributed by atoms with E-state index in [4.69, 9.17) is 5.73 Å². The second kappa shape index (κ2) is 5.63. The Morgan fingerprint density at radius 2 is 2.33 bits per heavy atom. The molecule has 0 saturated heterocycles. The van der Waals surface area contributed by atoms with Crippen molar-refractivity contribution < 1.29 is 4.79 Å². The molecule has 1 amide bonds. The summed E-state index contributed by atoms with van der Waals surface area (Å²) in [6, 6.07) is 5.07. The third-order valence-corrected chi connectivity index (χ3v) is 3.05. The number of nitrogens with zero attached hydrogens (tertiary/aromatic N) is 3. The summed E-state index contributed by atoms with van der Waals surface area (Å²) in [4.78, 5) is 11.8. The SMILES string of the molecule is Nc1ccc(C(=O)NCCn2ccnn2)cc1Br. The number of carbonyl (C=O) groups excluding carboxylic acids is 1. The van der Waals surface area contributed by atoms with Crippen molar-refractivity contribution in [2.45, 2.75) is 6.54 Å². The first kappa shape index (κ1) is 12.6. The minimum Gasteiger partial charge on any atom is -0.398 e. The molecule has 0 atom stereocenters. The molecule has 2 aromatic rings. The largest absolute Gasteiger partial charge is 0.398 e. The monoisotopic (exact) mass is 309 g/mol. The van der Waals surface area contributed by atoms with E-state index < -0.39 is 0 Å². The van der Waals surface area contributed by atoms with Gasteiger partial charge < -0.3 is 11.1 Å². The number of nitrogen functional groups attached to an aromatic ring is 1. The third kappa shape index (κ3) is 3.07. The summed E-state index contributed by atoms with van der Waals surface area (Å²) >= 11 is 3.29. The second-order valence-electron chi connectivity index (χ2n) is 3.66. The Hall–Kier alpha value is -1.89. The number of carbonyl (C=O) groups is 1. The summed E-state index contributed by atoms with van der Waals surface area (Å²) in [5, 5.41) is 10.3. The number of hydrogen-bond acceptors (Lipinski definition) is 4. The summed E-state index contributed by atoms with van der Waals surface area (Å²) in [7, 11) is 0. The third-order valence-electron chi connectivity index (χ3n) is 2.36. The van der Waals surface area contributed by atoms with E-state index in [0.717, 1.165) is 0 Å². The Kier molecular flexibility index (Phi) is 3.93. The van der Waals surface area contributed by atoms with Crippen LogP contribution in [-0.2, 0) is 6.54 Å². The van der Waals surface area contributed by atoms with Gasteiger partial charge in [-0.05, 0) is 34.1 Å². The highest BCUT2D eigenvalue weighted by molar-refractivity contribution is 9.10. The normalized spacial score (nSPS) is 10.3. The van der Waals surface area contributed by atoms with Crippen LogP contribution in [0.4, 0.5) is 5.69 Å². The van der Waals surface area contributed by atoms with E-state index in [1.165, 1.54) is 0 Å². The summed E-state index contributed by atoms with van der Waals surface area (Å²) in [6.45, 7) is 1.08. The lowest BCUT2D eigenvalue weighted by atomic mass is 10.2. The van der Waals surface area contributed by atoms with Crippen molar-refractivity contribution in [2.75, 3.05) is 12.3 Å². The predicted molar refractivity (Wildman–Crippen MR) is 70.9 cm³/mol. The lowest BCUT2D eigenvalue weighted by Crippen LogP contribution is -2.27. The maximum atomic E-state index is 11.8. The number of nitrogens with one attached hydrogen (secondary N) is 1. The van der Waals surface area contributed by atoms with E-state index in [2.05, 4.69) is 31.6 Å². The van der Waals surface area contributed by atoms with Crippen molar-refractivity contribution in [1.29, 1.82) is 0 Å². The topological polar surface area (TPSA) is 85.8 Å².